The highest BCUT2D eigenvalue weighted by Gasteiger charge is 2.30. The topological polar surface area (TPSA) is 58.9 Å². The van der Waals surface area contributed by atoms with Crippen LogP contribution in [0.3, 0.4) is 0 Å². The Balaban J connectivity index is 1.67. The monoisotopic (exact) mass is 407 g/mol. The molecule has 0 saturated carbocycles. The maximum absolute atomic E-state index is 5.70. The third-order valence-electron chi connectivity index (χ3n) is 4.62. The maximum Gasteiger partial charge on any atom is 0.193 e. The molecule has 0 bridgehead atoms. The van der Waals surface area contributed by atoms with Crippen molar-refractivity contribution in [2.24, 2.45) is 0 Å². The molecule has 2 aromatic carbocycles. The van der Waals surface area contributed by atoms with Crippen LogP contribution in [0.1, 0.15) is 17.4 Å². The average molecular weight is 407 g/mol. The summed E-state index contributed by atoms with van der Waals surface area (Å²) >= 11 is 5.70. The molecule has 0 spiro atoms. The minimum atomic E-state index is -0.168. The standard InChI is InChI=1S/C22H21N3O3S/c1-26-20-11-10-15(13-21(20)27-2)18-14-17(19-9-6-12-28-19)24-25(18)22(29)23-16-7-4-3-5-8-16/h3-14,18,24H,1-2H3,(H,23,29)/t18-/m0/s1. The van der Waals surface area contributed by atoms with Gasteiger partial charge in [0.1, 0.15) is 0 Å². The molecule has 29 heavy (non-hydrogen) atoms. The fourth-order valence-corrected chi connectivity index (χ4v) is 3.48. The Hall–Kier alpha value is -3.45. The van der Waals surface area contributed by atoms with E-state index in [9.17, 15) is 0 Å². The van der Waals surface area contributed by atoms with Gasteiger partial charge >= 0.3 is 0 Å². The number of para-hydroxylation sites is 1. The van der Waals surface area contributed by atoms with Gasteiger partial charge in [0.2, 0.25) is 0 Å². The van der Waals surface area contributed by atoms with E-state index in [-0.39, 0.29) is 6.04 Å². The first-order chi connectivity index (χ1) is 14.2. The van der Waals surface area contributed by atoms with E-state index >= 15 is 0 Å². The van der Waals surface area contributed by atoms with Crippen molar-refractivity contribution in [1.82, 2.24) is 10.4 Å². The number of anilines is 1. The zero-order valence-corrected chi connectivity index (χ0v) is 16.9. The van der Waals surface area contributed by atoms with E-state index in [1.807, 2.05) is 65.7 Å². The second-order valence-electron chi connectivity index (χ2n) is 6.39. The van der Waals surface area contributed by atoms with E-state index in [2.05, 4.69) is 16.8 Å². The van der Waals surface area contributed by atoms with Gasteiger partial charge in [-0.3, -0.25) is 10.4 Å². The Kier molecular flexibility index (Phi) is 5.39. The quantitative estimate of drug-likeness (QED) is 0.600. The van der Waals surface area contributed by atoms with Crippen LogP contribution in [0.2, 0.25) is 0 Å². The van der Waals surface area contributed by atoms with E-state index in [0.717, 1.165) is 22.7 Å². The summed E-state index contributed by atoms with van der Waals surface area (Å²) in [6, 6.07) is 19.2. The minimum Gasteiger partial charge on any atom is -0.493 e. The molecule has 1 atom stereocenters. The molecule has 1 aliphatic heterocycles. The summed E-state index contributed by atoms with van der Waals surface area (Å²) in [4.78, 5) is 0. The highest BCUT2D eigenvalue weighted by molar-refractivity contribution is 7.80. The van der Waals surface area contributed by atoms with Gasteiger partial charge in [-0.1, -0.05) is 24.3 Å². The van der Waals surface area contributed by atoms with Gasteiger partial charge < -0.3 is 19.2 Å². The molecule has 0 amide bonds. The van der Waals surface area contributed by atoms with Crippen LogP contribution in [0.15, 0.2) is 77.4 Å². The number of nitrogens with zero attached hydrogens (tertiary/aromatic N) is 1. The number of rotatable bonds is 5. The van der Waals surface area contributed by atoms with Gasteiger partial charge in [-0.25, -0.2) is 0 Å². The lowest BCUT2D eigenvalue weighted by Crippen LogP contribution is -2.42. The van der Waals surface area contributed by atoms with Gasteiger partial charge in [-0.2, -0.15) is 0 Å². The van der Waals surface area contributed by atoms with Crippen molar-refractivity contribution >= 4 is 28.7 Å². The number of ether oxygens (including phenoxy) is 2. The first kappa shape index (κ1) is 18.9. The average Bonchev–Trinajstić information content (AvgIpc) is 3.44. The molecule has 6 nitrogen and oxygen atoms in total. The zero-order valence-electron chi connectivity index (χ0n) is 16.1. The van der Waals surface area contributed by atoms with Crippen LogP contribution in [0.25, 0.3) is 5.70 Å². The highest BCUT2D eigenvalue weighted by Crippen LogP contribution is 2.36. The van der Waals surface area contributed by atoms with Crippen LogP contribution < -0.4 is 20.2 Å². The Bertz CT molecular complexity index is 1020. The Morgan fingerprint density at radius 3 is 2.52 bits per heavy atom. The lowest BCUT2D eigenvalue weighted by atomic mass is 10.1. The van der Waals surface area contributed by atoms with Crippen LogP contribution >= 0.6 is 12.2 Å². The summed E-state index contributed by atoms with van der Waals surface area (Å²) in [5, 5.41) is 5.70. The van der Waals surface area contributed by atoms with E-state index in [1.165, 1.54) is 0 Å². The van der Waals surface area contributed by atoms with Gasteiger partial charge in [-0.05, 0) is 60.3 Å². The number of thiocarbonyl (C=S) groups is 1. The summed E-state index contributed by atoms with van der Waals surface area (Å²) in [6.45, 7) is 0. The van der Waals surface area contributed by atoms with E-state index in [1.54, 1.807) is 20.5 Å². The van der Waals surface area contributed by atoms with Crippen molar-refractivity contribution in [1.29, 1.82) is 0 Å². The van der Waals surface area contributed by atoms with Gasteiger partial charge in [0.25, 0.3) is 0 Å². The molecule has 0 unspecified atom stereocenters. The largest absolute Gasteiger partial charge is 0.493 e. The van der Waals surface area contributed by atoms with Crippen LogP contribution in [-0.2, 0) is 0 Å². The molecule has 2 heterocycles. The van der Waals surface area contributed by atoms with Crippen molar-refractivity contribution in [3.8, 4) is 11.5 Å². The van der Waals surface area contributed by atoms with E-state index in [0.29, 0.717) is 16.6 Å². The number of nitrogens with one attached hydrogen (secondary N) is 2. The molecule has 148 valence electrons. The minimum absolute atomic E-state index is 0.168. The van der Waals surface area contributed by atoms with Crippen molar-refractivity contribution in [3.63, 3.8) is 0 Å². The molecular weight excluding hydrogens is 386 g/mol. The van der Waals surface area contributed by atoms with Gasteiger partial charge in [0.15, 0.2) is 22.4 Å². The zero-order chi connectivity index (χ0) is 20.2. The number of methoxy groups -OCH3 is 2. The fraction of sp³-hybridized carbons (Fsp3) is 0.136. The first-order valence-electron chi connectivity index (χ1n) is 9.09. The van der Waals surface area contributed by atoms with Gasteiger partial charge in [0, 0.05) is 5.69 Å². The number of hydrogen-bond donors (Lipinski definition) is 2. The van der Waals surface area contributed by atoms with Crippen molar-refractivity contribution < 1.29 is 13.9 Å². The SMILES string of the molecule is COc1ccc([C@@H]2C=C(c3ccco3)NN2C(=S)Nc2ccccc2)cc1OC. The molecule has 3 aromatic rings. The number of benzene rings is 2. The smallest absolute Gasteiger partial charge is 0.193 e. The van der Waals surface area contributed by atoms with Crippen LogP contribution in [0, 0.1) is 0 Å². The summed E-state index contributed by atoms with van der Waals surface area (Å²) in [6.07, 6.45) is 3.71. The molecular formula is C22H21N3O3S. The van der Waals surface area contributed by atoms with Crippen LogP contribution in [-0.4, -0.2) is 24.3 Å². The third-order valence-corrected chi connectivity index (χ3v) is 4.92. The fourth-order valence-electron chi connectivity index (χ4n) is 3.20. The summed E-state index contributed by atoms with van der Waals surface area (Å²) in [7, 11) is 3.24. The third kappa shape index (κ3) is 3.90. The first-order valence-corrected chi connectivity index (χ1v) is 9.50. The molecule has 0 radical (unpaired) electrons. The maximum atomic E-state index is 5.70. The number of hydrazine groups is 1. The molecule has 4 rings (SSSR count). The van der Waals surface area contributed by atoms with Crippen LogP contribution in [0.5, 0.6) is 11.5 Å². The summed E-state index contributed by atoms with van der Waals surface area (Å²) < 4.78 is 16.4. The Morgan fingerprint density at radius 2 is 1.83 bits per heavy atom. The molecule has 1 aromatic heterocycles. The van der Waals surface area contributed by atoms with Gasteiger partial charge in [-0.15, -0.1) is 0 Å². The van der Waals surface area contributed by atoms with Gasteiger partial charge in [0.05, 0.1) is 32.2 Å². The molecule has 2 N–H and O–H groups in total. The molecule has 0 saturated heterocycles. The van der Waals surface area contributed by atoms with Crippen molar-refractivity contribution in [3.05, 3.63) is 84.3 Å². The van der Waals surface area contributed by atoms with Crippen LogP contribution in [0.4, 0.5) is 5.69 Å². The summed E-state index contributed by atoms with van der Waals surface area (Å²) in [5.74, 6) is 2.07. The molecule has 0 aliphatic carbocycles. The normalized spacial score (nSPS) is 15.4. The summed E-state index contributed by atoms with van der Waals surface area (Å²) in [5.41, 5.74) is 6.10. The lowest BCUT2D eigenvalue weighted by molar-refractivity contribution is 0.338. The molecule has 7 heteroatoms. The Morgan fingerprint density at radius 1 is 1.03 bits per heavy atom. The Labute approximate surface area is 174 Å². The predicted molar refractivity (Wildman–Crippen MR) is 117 cm³/mol. The second-order valence-corrected chi connectivity index (χ2v) is 6.78. The molecule has 0 fully saturated rings. The number of hydrogen-bond acceptors (Lipinski definition) is 5. The second kappa shape index (κ2) is 8.28. The highest BCUT2D eigenvalue weighted by atomic mass is 32.1. The van der Waals surface area contributed by atoms with E-state index in [4.69, 9.17) is 26.1 Å². The van der Waals surface area contributed by atoms with E-state index < -0.39 is 0 Å². The number of furan rings is 1. The molecule has 1 aliphatic rings. The lowest BCUT2D eigenvalue weighted by Gasteiger charge is -2.28. The van der Waals surface area contributed by atoms with Crippen molar-refractivity contribution in [2.45, 2.75) is 6.04 Å². The predicted octanol–water partition coefficient (Wildman–Crippen LogP) is 4.60. The van der Waals surface area contributed by atoms with Crippen molar-refractivity contribution in [2.75, 3.05) is 19.5 Å².